The Kier molecular flexibility index (Phi) is 3.93. The van der Waals surface area contributed by atoms with Gasteiger partial charge in [-0.15, -0.1) is 11.6 Å². The van der Waals surface area contributed by atoms with E-state index in [1.807, 2.05) is 18.2 Å². The highest BCUT2D eigenvalue weighted by Crippen LogP contribution is 2.43. The third kappa shape index (κ3) is 2.86. The lowest BCUT2D eigenvalue weighted by atomic mass is 9.74. The molecule has 1 saturated carbocycles. The van der Waals surface area contributed by atoms with E-state index >= 15 is 0 Å². The zero-order valence-electron chi connectivity index (χ0n) is 10.8. The molecule has 1 aromatic rings. The second-order valence-electron chi connectivity index (χ2n) is 5.50. The van der Waals surface area contributed by atoms with Gasteiger partial charge in [0.15, 0.2) is 0 Å². The Hall–Kier alpha value is -0.440. The van der Waals surface area contributed by atoms with Crippen LogP contribution in [0.25, 0.3) is 0 Å². The molecule has 1 atom stereocenters. The fourth-order valence-corrected chi connectivity index (χ4v) is 3.35. The van der Waals surface area contributed by atoms with Crippen LogP contribution in [0.3, 0.4) is 0 Å². The number of rotatable bonds is 3. The van der Waals surface area contributed by atoms with E-state index in [-0.39, 0.29) is 11.7 Å². The van der Waals surface area contributed by atoms with Gasteiger partial charge in [0.05, 0.1) is 18.1 Å². The molecule has 19 heavy (non-hydrogen) atoms. The fraction of sp³-hybridized carbons (Fsp3) is 0.600. The van der Waals surface area contributed by atoms with Crippen molar-refractivity contribution < 1.29 is 9.47 Å². The van der Waals surface area contributed by atoms with Gasteiger partial charge in [0.2, 0.25) is 0 Å². The Morgan fingerprint density at radius 1 is 1.37 bits per heavy atom. The van der Waals surface area contributed by atoms with Crippen molar-refractivity contribution in [2.75, 3.05) is 6.61 Å². The molecule has 1 saturated heterocycles. The summed E-state index contributed by atoms with van der Waals surface area (Å²) in [6.07, 6.45) is 5.81. The van der Waals surface area contributed by atoms with Crippen LogP contribution >= 0.6 is 23.2 Å². The normalized spacial score (nSPS) is 25.1. The molecule has 2 fully saturated rings. The van der Waals surface area contributed by atoms with E-state index < -0.39 is 0 Å². The molecular weight excluding hydrogens is 283 g/mol. The quantitative estimate of drug-likeness (QED) is 0.762. The Labute approximate surface area is 124 Å². The van der Waals surface area contributed by atoms with Crippen molar-refractivity contribution in [2.24, 2.45) is 0 Å². The monoisotopic (exact) mass is 300 g/mol. The third-order valence-electron chi connectivity index (χ3n) is 4.17. The van der Waals surface area contributed by atoms with Crippen LogP contribution in [0.1, 0.15) is 37.7 Å². The molecule has 1 aliphatic carbocycles. The Bertz CT molecular complexity index is 457. The van der Waals surface area contributed by atoms with Gasteiger partial charge in [-0.2, -0.15) is 0 Å². The first-order valence-electron chi connectivity index (χ1n) is 6.86. The van der Waals surface area contributed by atoms with Crippen molar-refractivity contribution in [3.05, 3.63) is 28.8 Å². The zero-order valence-corrected chi connectivity index (χ0v) is 12.3. The van der Waals surface area contributed by atoms with E-state index in [1.165, 1.54) is 19.3 Å². The molecule has 1 heterocycles. The van der Waals surface area contributed by atoms with E-state index in [2.05, 4.69) is 0 Å². The van der Waals surface area contributed by atoms with Crippen molar-refractivity contribution >= 4 is 23.2 Å². The van der Waals surface area contributed by atoms with Crippen molar-refractivity contribution in [2.45, 2.75) is 49.7 Å². The zero-order chi connectivity index (χ0) is 13.3. The average Bonchev–Trinajstić information content (AvgIpc) is 2.39. The van der Waals surface area contributed by atoms with Gasteiger partial charge in [-0.25, -0.2) is 0 Å². The van der Waals surface area contributed by atoms with Crippen LogP contribution in [-0.2, 0) is 10.6 Å². The van der Waals surface area contributed by atoms with Gasteiger partial charge in [0, 0.05) is 23.4 Å². The SMILES string of the molecule is ClCc1cc(Cl)ccc1OC1CCOC2(CCC2)C1. The highest BCUT2D eigenvalue weighted by atomic mass is 35.5. The first-order valence-corrected chi connectivity index (χ1v) is 7.77. The molecule has 0 N–H and O–H groups in total. The molecule has 0 aromatic heterocycles. The van der Waals surface area contributed by atoms with Gasteiger partial charge in [-0.05, 0) is 37.5 Å². The summed E-state index contributed by atoms with van der Waals surface area (Å²) < 4.78 is 12.1. The lowest BCUT2D eigenvalue weighted by Crippen LogP contribution is -2.48. The molecule has 2 nitrogen and oxygen atoms in total. The molecule has 3 rings (SSSR count). The summed E-state index contributed by atoms with van der Waals surface area (Å²) in [4.78, 5) is 0. The number of benzene rings is 1. The van der Waals surface area contributed by atoms with Crippen LogP contribution in [0.5, 0.6) is 5.75 Å². The van der Waals surface area contributed by atoms with Gasteiger partial charge >= 0.3 is 0 Å². The number of halogens is 2. The van der Waals surface area contributed by atoms with Crippen LogP contribution in [0, 0.1) is 0 Å². The highest BCUT2D eigenvalue weighted by molar-refractivity contribution is 6.30. The molecule has 0 radical (unpaired) electrons. The maximum absolute atomic E-state index is 6.14. The van der Waals surface area contributed by atoms with E-state index in [1.54, 1.807) is 0 Å². The lowest BCUT2D eigenvalue weighted by molar-refractivity contribution is -0.153. The summed E-state index contributed by atoms with van der Waals surface area (Å²) in [6.45, 7) is 0.800. The summed E-state index contributed by atoms with van der Waals surface area (Å²) in [6, 6.07) is 5.65. The van der Waals surface area contributed by atoms with Crippen LogP contribution in [0.4, 0.5) is 0 Å². The highest BCUT2D eigenvalue weighted by Gasteiger charge is 2.43. The third-order valence-corrected chi connectivity index (χ3v) is 4.70. The molecule has 0 bridgehead atoms. The number of alkyl halides is 1. The maximum atomic E-state index is 6.14. The maximum Gasteiger partial charge on any atom is 0.124 e. The Morgan fingerprint density at radius 3 is 2.89 bits per heavy atom. The van der Waals surface area contributed by atoms with E-state index in [0.717, 1.165) is 30.8 Å². The minimum atomic E-state index is 0.108. The standard InChI is InChI=1S/C15H18Cl2O2/c16-10-11-8-12(17)2-3-14(11)19-13-4-7-18-15(9-13)5-1-6-15/h2-3,8,13H,1,4-7,9-10H2. The van der Waals surface area contributed by atoms with Gasteiger partial charge in [0.25, 0.3) is 0 Å². The van der Waals surface area contributed by atoms with E-state index in [9.17, 15) is 0 Å². The first-order chi connectivity index (χ1) is 9.21. The van der Waals surface area contributed by atoms with Crippen LogP contribution in [0.15, 0.2) is 18.2 Å². The molecule has 1 aliphatic heterocycles. The van der Waals surface area contributed by atoms with E-state index in [0.29, 0.717) is 10.9 Å². The molecule has 0 amide bonds. The van der Waals surface area contributed by atoms with Crippen molar-refractivity contribution in [1.82, 2.24) is 0 Å². The molecule has 1 unspecified atom stereocenters. The van der Waals surface area contributed by atoms with Gasteiger partial charge in [-0.1, -0.05) is 11.6 Å². The molecule has 4 heteroatoms. The Balaban J connectivity index is 1.70. The second kappa shape index (κ2) is 5.51. The molecule has 104 valence electrons. The van der Waals surface area contributed by atoms with E-state index in [4.69, 9.17) is 32.7 Å². The van der Waals surface area contributed by atoms with Crippen LogP contribution < -0.4 is 4.74 Å². The predicted octanol–water partition coefficient (Wildman–Crippen LogP) is 4.56. The lowest BCUT2D eigenvalue weighted by Gasteiger charge is -2.47. The summed E-state index contributed by atoms with van der Waals surface area (Å²) in [5.41, 5.74) is 1.07. The number of hydrogen-bond acceptors (Lipinski definition) is 2. The first kappa shape index (κ1) is 13.5. The molecular formula is C15H18Cl2O2. The molecule has 2 aliphatic rings. The number of ether oxygens (including phenoxy) is 2. The summed E-state index contributed by atoms with van der Waals surface area (Å²) in [7, 11) is 0. The van der Waals surface area contributed by atoms with Gasteiger partial charge < -0.3 is 9.47 Å². The van der Waals surface area contributed by atoms with Crippen LogP contribution in [-0.4, -0.2) is 18.3 Å². The van der Waals surface area contributed by atoms with Crippen molar-refractivity contribution in [3.8, 4) is 5.75 Å². The van der Waals surface area contributed by atoms with Crippen LogP contribution in [0.2, 0.25) is 5.02 Å². The molecule has 1 spiro atoms. The second-order valence-corrected chi connectivity index (χ2v) is 6.21. The predicted molar refractivity (Wildman–Crippen MR) is 77.2 cm³/mol. The van der Waals surface area contributed by atoms with Crippen molar-refractivity contribution in [3.63, 3.8) is 0 Å². The Morgan fingerprint density at radius 2 is 2.21 bits per heavy atom. The molecule has 1 aromatic carbocycles. The minimum absolute atomic E-state index is 0.108. The topological polar surface area (TPSA) is 18.5 Å². The van der Waals surface area contributed by atoms with Crippen molar-refractivity contribution in [1.29, 1.82) is 0 Å². The van der Waals surface area contributed by atoms with Gasteiger partial charge in [-0.3, -0.25) is 0 Å². The van der Waals surface area contributed by atoms with Gasteiger partial charge in [0.1, 0.15) is 11.9 Å². The summed E-state index contributed by atoms with van der Waals surface area (Å²) in [5.74, 6) is 1.28. The smallest absolute Gasteiger partial charge is 0.124 e. The average molecular weight is 301 g/mol. The fourth-order valence-electron chi connectivity index (χ4n) is 2.95. The summed E-state index contributed by atoms with van der Waals surface area (Å²) in [5, 5.41) is 0.699. The largest absolute Gasteiger partial charge is 0.490 e. The summed E-state index contributed by atoms with van der Waals surface area (Å²) >= 11 is 11.9. The number of hydrogen-bond donors (Lipinski definition) is 0. The minimum Gasteiger partial charge on any atom is -0.490 e.